The molecule has 0 aliphatic heterocycles. The van der Waals surface area contributed by atoms with Crippen LogP contribution in [0.2, 0.25) is 0 Å². The highest BCUT2D eigenvalue weighted by atomic mass is 35.5. The lowest BCUT2D eigenvalue weighted by Gasteiger charge is -2.55. The van der Waals surface area contributed by atoms with Gasteiger partial charge in [0.1, 0.15) is 0 Å². The normalized spacial score (nSPS) is 50.4. The standard InChI is InChI=1S/C19H29ClO2.CH5N/c1-17-7-2-3-16(17)19(22)8-6-13-4-5-15(21)11-14(13)12-18(19,20)10-9-17;1-2/h12-13,15-16,21-22H,2-11H2,1H3;2H2,1H3/t13?,15?,16?,17?,18?,19-;/m0./s1. The molecule has 4 aliphatic rings. The van der Waals surface area contributed by atoms with Crippen LogP contribution in [-0.2, 0) is 0 Å². The molecule has 0 aromatic heterocycles. The van der Waals surface area contributed by atoms with E-state index in [4.69, 9.17) is 11.6 Å². The fourth-order valence-corrected chi connectivity index (χ4v) is 6.68. The molecule has 138 valence electrons. The van der Waals surface area contributed by atoms with Gasteiger partial charge in [-0.05, 0) is 82.1 Å². The minimum absolute atomic E-state index is 0.214. The Hall–Kier alpha value is -0.0900. The van der Waals surface area contributed by atoms with Crippen LogP contribution in [0.4, 0.5) is 0 Å². The summed E-state index contributed by atoms with van der Waals surface area (Å²) in [6.07, 6.45) is 12.2. The first kappa shape index (κ1) is 18.7. The minimum atomic E-state index is -0.757. The van der Waals surface area contributed by atoms with Gasteiger partial charge < -0.3 is 15.9 Å². The van der Waals surface area contributed by atoms with Crippen molar-refractivity contribution in [2.45, 2.75) is 87.7 Å². The third-order valence-electron chi connectivity index (χ3n) is 7.57. The van der Waals surface area contributed by atoms with Gasteiger partial charge in [-0.25, -0.2) is 0 Å². The van der Waals surface area contributed by atoms with E-state index in [0.29, 0.717) is 11.8 Å². The lowest BCUT2D eigenvalue weighted by Crippen LogP contribution is -2.60. The summed E-state index contributed by atoms with van der Waals surface area (Å²) in [6.45, 7) is 2.37. The molecule has 0 heterocycles. The minimum Gasteiger partial charge on any atom is -0.393 e. The summed E-state index contributed by atoms with van der Waals surface area (Å²) in [5, 5.41) is 21.8. The Labute approximate surface area is 151 Å². The Kier molecular flexibility index (Phi) is 5.12. The Bertz CT molecular complexity index is 510. The van der Waals surface area contributed by atoms with Crippen molar-refractivity contribution in [3.8, 4) is 0 Å². The molecule has 0 bridgehead atoms. The molecule has 4 heteroatoms. The molecule has 4 N–H and O–H groups in total. The predicted molar refractivity (Wildman–Crippen MR) is 99.0 cm³/mol. The van der Waals surface area contributed by atoms with Crippen LogP contribution in [0.15, 0.2) is 11.6 Å². The summed E-state index contributed by atoms with van der Waals surface area (Å²) in [5.74, 6) is 0.870. The zero-order valence-electron chi connectivity index (χ0n) is 15.2. The number of hydrogen-bond acceptors (Lipinski definition) is 3. The average Bonchev–Trinajstić information content (AvgIpc) is 2.91. The van der Waals surface area contributed by atoms with Crippen LogP contribution in [0, 0.1) is 17.3 Å². The monoisotopic (exact) mass is 355 g/mol. The molecule has 3 saturated carbocycles. The van der Waals surface area contributed by atoms with Crippen molar-refractivity contribution in [2.75, 3.05) is 7.05 Å². The second-order valence-corrected chi connectivity index (χ2v) is 9.45. The molecule has 0 radical (unpaired) electrons. The third-order valence-corrected chi connectivity index (χ3v) is 8.20. The lowest BCUT2D eigenvalue weighted by molar-refractivity contribution is -0.116. The maximum Gasteiger partial charge on any atom is 0.0918 e. The van der Waals surface area contributed by atoms with Crippen LogP contribution in [0.3, 0.4) is 0 Å². The number of aliphatic hydroxyl groups excluding tert-OH is 1. The third kappa shape index (κ3) is 2.76. The molecule has 0 spiro atoms. The number of aliphatic hydroxyl groups is 2. The smallest absolute Gasteiger partial charge is 0.0918 e. The summed E-state index contributed by atoms with van der Waals surface area (Å²) in [6, 6.07) is 0. The van der Waals surface area contributed by atoms with Crippen molar-refractivity contribution in [3.05, 3.63) is 11.6 Å². The van der Waals surface area contributed by atoms with E-state index in [1.807, 2.05) is 0 Å². The predicted octanol–water partition coefficient (Wildman–Crippen LogP) is 3.75. The van der Waals surface area contributed by atoms with Crippen LogP contribution < -0.4 is 5.73 Å². The molecule has 4 aliphatic carbocycles. The first-order chi connectivity index (χ1) is 11.4. The SMILES string of the molecule is CC12CCCC1[C@@]1(O)CCC3CCC(O)CC3=CC1(Cl)CC2.CN. The van der Waals surface area contributed by atoms with E-state index in [0.717, 1.165) is 51.4 Å². The zero-order valence-corrected chi connectivity index (χ0v) is 16.0. The Morgan fingerprint density at radius 1 is 1.08 bits per heavy atom. The summed E-state index contributed by atoms with van der Waals surface area (Å²) < 4.78 is 0. The van der Waals surface area contributed by atoms with Gasteiger partial charge in [0.05, 0.1) is 16.6 Å². The topological polar surface area (TPSA) is 66.5 Å². The molecule has 24 heavy (non-hydrogen) atoms. The molecular formula is C20H34ClNO2. The van der Waals surface area contributed by atoms with Crippen LogP contribution in [0.5, 0.6) is 0 Å². The largest absolute Gasteiger partial charge is 0.393 e. The summed E-state index contributed by atoms with van der Waals surface area (Å²) >= 11 is 7.11. The molecule has 0 amide bonds. The summed E-state index contributed by atoms with van der Waals surface area (Å²) in [4.78, 5) is -0.608. The molecular weight excluding hydrogens is 322 g/mol. The van der Waals surface area contributed by atoms with Crippen molar-refractivity contribution in [1.29, 1.82) is 0 Å². The fraction of sp³-hybridized carbons (Fsp3) is 0.900. The van der Waals surface area contributed by atoms with Gasteiger partial charge in [-0.1, -0.05) is 25.0 Å². The average molecular weight is 356 g/mol. The Morgan fingerprint density at radius 2 is 1.83 bits per heavy atom. The van der Waals surface area contributed by atoms with E-state index in [9.17, 15) is 10.2 Å². The van der Waals surface area contributed by atoms with Gasteiger partial charge in [0.2, 0.25) is 0 Å². The Balaban J connectivity index is 0.000000815. The van der Waals surface area contributed by atoms with E-state index in [1.54, 1.807) is 0 Å². The van der Waals surface area contributed by atoms with Crippen LogP contribution >= 0.6 is 11.6 Å². The number of alkyl halides is 1. The highest BCUT2D eigenvalue weighted by Gasteiger charge is 2.63. The highest BCUT2D eigenvalue weighted by Crippen LogP contribution is 2.63. The second kappa shape index (κ2) is 6.57. The van der Waals surface area contributed by atoms with Crippen molar-refractivity contribution >= 4 is 11.6 Å². The molecule has 0 aromatic carbocycles. The summed E-state index contributed by atoms with van der Waals surface area (Å²) in [7, 11) is 1.50. The van der Waals surface area contributed by atoms with E-state index in [1.165, 1.54) is 25.5 Å². The number of nitrogens with two attached hydrogens (primary N) is 1. The lowest BCUT2D eigenvalue weighted by atomic mass is 9.56. The van der Waals surface area contributed by atoms with Gasteiger partial charge in [0.15, 0.2) is 0 Å². The van der Waals surface area contributed by atoms with E-state index < -0.39 is 10.5 Å². The highest BCUT2D eigenvalue weighted by molar-refractivity contribution is 6.26. The first-order valence-electron chi connectivity index (χ1n) is 9.75. The van der Waals surface area contributed by atoms with Gasteiger partial charge in [-0.2, -0.15) is 0 Å². The first-order valence-corrected chi connectivity index (χ1v) is 10.1. The van der Waals surface area contributed by atoms with Gasteiger partial charge in [-0.3, -0.25) is 0 Å². The molecule has 3 fully saturated rings. The van der Waals surface area contributed by atoms with Crippen molar-refractivity contribution < 1.29 is 10.2 Å². The number of halogens is 1. The van der Waals surface area contributed by atoms with Crippen molar-refractivity contribution in [1.82, 2.24) is 0 Å². The number of hydrogen-bond donors (Lipinski definition) is 3. The van der Waals surface area contributed by atoms with Crippen LogP contribution in [-0.4, -0.2) is 33.8 Å². The molecule has 4 rings (SSSR count). The zero-order chi connectivity index (χ0) is 17.6. The van der Waals surface area contributed by atoms with Gasteiger partial charge in [-0.15, -0.1) is 11.6 Å². The molecule has 6 atom stereocenters. The van der Waals surface area contributed by atoms with Crippen LogP contribution in [0.1, 0.15) is 71.1 Å². The van der Waals surface area contributed by atoms with Gasteiger partial charge >= 0.3 is 0 Å². The molecule has 3 nitrogen and oxygen atoms in total. The fourth-order valence-electron chi connectivity index (χ4n) is 6.21. The maximum atomic E-state index is 11.7. The van der Waals surface area contributed by atoms with E-state index >= 15 is 0 Å². The van der Waals surface area contributed by atoms with Crippen molar-refractivity contribution in [2.24, 2.45) is 23.0 Å². The van der Waals surface area contributed by atoms with E-state index in [-0.39, 0.29) is 11.5 Å². The van der Waals surface area contributed by atoms with Gasteiger partial charge in [0.25, 0.3) is 0 Å². The number of rotatable bonds is 0. The maximum absolute atomic E-state index is 11.7. The Morgan fingerprint density at radius 3 is 2.58 bits per heavy atom. The quantitative estimate of drug-likeness (QED) is 0.458. The molecule has 0 saturated heterocycles. The van der Waals surface area contributed by atoms with Gasteiger partial charge in [0, 0.05) is 0 Å². The molecule has 0 aromatic rings. The van der Waals surface area contributed by atoms with E-state index in [2.05, 4.69) is 18.7 Å². The van der Waals surface area contributed by atoms with Crippen LogP contribution in [0.25, 0.3) is 0 Å². The summed E-state index contributed by atoms with van der Waals surface area (Å²) in [5.41, 5.74) is 5.35. The van der Waals surface area contributed by atoms with Crippen molar-refractivity contribution in [3.63, 3.8) is 0 Å². The molecule has 5 unspecified atom stereocenters. The number of fused-ring (bicyclic) bond motifs is 4. The second-order valence-electron chi connectivity index (χ2n) is 8.78.